The van der Waals surface area contributed by atoms with Crippen molar-refractivity contribution in [3.63, 3.8) is 0 Å². The Balaban J connectivity index is 1.84. The molecule has 1 aromatic rings. The Labute approximate surface area is 117 Å². The van der Waals surface area contributed by atoms with Crippen LogP contribution in [0.3, 0.4) is 0 Å². The molecular formula is C15H18FNO3. The number of piperidine rings is 1. The fourth-order valence-electron chi connectivity index (χ4n) is 3.18. The number of rotatable bonds is 3. The number of carbonyl (C=O) groups is 1. The van der Waals surface area contributed by atoms with Crippen molar-refractivity contribution in [3.8, 4) is 5.75 Å². The molecule has 2 bridgehead atoms. The van der Waals surface area contributed by atoms with E-state index in [1.165, 1.54) is 13.2 Å². The molecular weight excluding hydrogens is 261 g/mol. The second-order valence-electron chi connectivity index (χ2n) is 5.45. The van der Waals surface area contributed by atoms with Gasteiger partial charge in [-0.3, -0.25) is 4.79 Å². The molecule has 4 nitrogen and oxygen atoms in total. The number of ketones is 1. The molecule has 1 aromatic carbocycles. The Hall–Kier alpha value is -1.46. The molecule has 0 aromatic heterocycles. The van der Waals surface area contributed by atoms with Gasteiger partial charge in [0.1, 0.15) is 0 Å². The van der Waals surface area contributed by atoms with Crippen molar-refractivity contribution in [2.24, 2.45) is 5.92 Å². The van der Waals surface area contributed by atoms with Crippen molar-refractivity contribution in [2.75, 3.05) is 20.3 Å². The monoisotopic (exact) mass is 279 g/mol. The largest absolute Gasteiger partial charge is 0.493 e. The molecule has 20 heavy (non-hydrogen) atoms. The second kappa shape index (κ2) is 5.50. The van der Waals surface area contributed by atoms with Crippen LogP contribution < -0.4 is 10.1 Å². The zero-order chi connectivity index (χ0) is 14.1. The summed E-state index contributed by atoms with van der Waals surface area (Å²) in [5.41, 5.74) is 0.346. The van der Waals surface area contributed by atoms with Crippen LogP contribution in [-0.2, 0) is 4.74 Å². The molecule has 2 saturated heterocycles. The highest BCUT2D eigenvalue weighted by Gasteiger charge is 2.36. The smallest absolute Gasteiger partial charge is 0.169 e. The summed E-state index contributed by atoms with van der Waals surface area (Å²) < 4.78 is 24.2. The first kappa shape index (κ1) is 13.5. The normalized spacial score (nSPS) is 29.0. The molecule has 0 aliphatic carbocycles. The van der Waals surface area contributed by atoms with E-state index in [2.05, 4.69) is 5.32 Å². The fraction of sp³-hybridized carbons (Fsp3) is 0.533. The number of benzene rings is 1. The third kappa shape index (κ3) is 2.43. The van der Waals surface area contributed by atoms with Gasteiger partial charge in [0.2, 0.25) is 0 Å². The lowest BCUT2D eigenvalue weighted by Gasteiger charge is -2.39. The maximum atomic E-state index is 13.7. The van der Waals surface area contributed by atoms with Gasteiger partial charge in [-0.2, -0.15) is 0 Å². The summed E-state index contributed by atoms with van der Waals surface area (Å²) in [5, 5.41) is 3.45. The minimum atomic E-state index is -0.490. The average Bonchev–Trinajstić information content (AvgIpc) is 2.45. The summed E-state index contributed by atoms with van der Waals surface area (Å²) in [6.07, 6.45) is 1.46. The lowest BCUT2D eigenvalue weighted by Crippen LogP contribution is -2.55. The van der Waals surface area contributed by atoms with Crippen molar-refractivity contribution in [1.82, 2.24) is 5.32 Å². The number of halogens is 1. The van der Waals surface area contributed by atoms with Gasteiger partial charge in [-0.25, -0.2) is 4.39 Å². The third-order valence-corrected chi connectivity index (χ3v) is 4.05. The molecule has 0 amide bonds. The van der Waals surface area contributed by atoms with E-state index >= 15 is 0 Å². The SMILES string of the molecule is COc1c(F)cccc1C(=O)C1CC2COCC(C1)N2. The van der Waals surface area contributed by atoms with Gasteiger partial charge in [-0.15, -0.1) is 0 Å². The summed E-state index contributed by atoms with van der Waals surface area (Å²) in [6, 6.07) is 4.93. The van der Waals surface area contributed by atoms with Gasteiger partial charge in [-0.05, 0) is 25.0 Å². The number of hydrogen-bond donors (Lipinski definition) is 1. The highest BCUT2D eigenvalue weighted by Crippen LogP contribution is 2.31. The van der Waals surface area contributed by atoms with Crippen LogP contribution in [0.5, 0.6) is 5.75 Å². The van der Waals surface area contributed by atoms with Gasteiger partial charge in [0, 0.05) is 18.0 Å². The first-order chi connectivity index (χ1) is 9.69. The molecule has 2 aliphatic rings. The number of Topliss-reactive ketones (excluding diaryl/α,β-unsaturated/α-hetero) is 1. The van der Waals surface area contributed by atoms with Crippen LogP contribution in [-0.4, -0.2) is 38.2 Å². The van der Waals surface area contributed by atoms with Gasteiger partial charge < -0.3 is 14.8 Å². The average molecular weight is 279 g/mol. The van der Waals surface area contributed by atoms with Gasteiger partial charge in [-0.1, -0.05) is 6.07 Å². The van der Waals surface area contributed by atoms with Crippen molar-refractivity contribution < 1.29 is 18.7 Å². The van der Waals surface area contributed by atoms with Crippen LogP contribution in [0.1, 0.15) is 23.2 Å². The van der Waals surface area contributed by atoms with Crippen LogP contribution in [0.4, 0.5) is 4.39 Å². The quantitative estimate of drug-likeness (QED) is 0.857. The molecule has 2 fully saturated rings. The number of methoxy groups -OCH3 is 1. The van der Waals surface area contributed by atoms with Gasteiger partial charge in [0.25, 0.3) is 0 Å². The van der Waals surface area contributed by atoms with Gasteiger partial charge >= 0.3 is 0 Å². The molecule has 0 spiro atoms. The molecule has 1 N–H and O–H groups in total. The standard InChI is InChI=1S/C15H18FNO3/c1-19-15-12(3-2-4-13(15)16)14(18)9-5-10-7-20-8-11(6-9)17-10/h2-4,9-11,17H,5-8H2,1H3. The summed E-state index contributed by atoms with van der Waals surface area (Å²) in [6.45, 7) is 1.28. The van der Waals surface area contributed by atoms with Gasteiger partial charge in [0.05, 0.1) is 25.9 Å². The first-order valence-electron chi connectivity index (χ1n) is 6.89. The number of ether oxygens (including phenoxy) is 2. The molecule has 5 heteroatoms. The van der Waals surface area contributed by atoms with Crippen molar-refractivity contribution in [1.29, 1.82) is 0 Å². The zero-order valence-corrected chi connectivity index (χ0v) is 11.4. The number of fused-ring (bicyclic) bond motifs is 2. The Kier molecular flexibility index (Phi) is 3.72. The molecule has 2 atom stereocenters. The van der Waals surface area contributed by atoms with Gasteiger partial charge in [0.15, 0.2) is 17.3 Å². The zero-order valence-electron chi connectivity index (χ0n) is 11.4. The Morgan fingerprint density at radius 3 is 2.70 bits per heavy atom. The highest BCUT2D eigenvalue weighted by atomic mass is 19.1. The van der Waals surface area contributed by atoms with Crippen molar-refractivity contribution >= 4 is 5.78 Å². The maximum absolute atomic E-state index is 13.7. The molecule has 2 aliphatic heterocycles. The number of carbonyl (C=O) groups excluding carboxylic acids is 1. The van der Waals surface area contributed by atoms with E-state index < -0.39 is 5.82 Å². The van der Waals surface area contributed by atoms with Crippen molar-refractivity contribution in [2.45, 2.75) is 24.9 Å². The van der Waals surface area contributed by atoms with E-state index in [1.807, 2.05) is 0 Å². The first-order valence-corrected chi connectivity index (χ1v) is 6.89. The topological polar surface area (TPSA) is 47.6 Å². The Morgan fingerprint density at radius 2 is 2.05 bits per heavy atom. The predicted octanol–water partition coefficient (Wildman–Crippen LogP) is 1.78. The van der Waals surface area contributed by atoms with E-state index in [1.54, 1.807) is 12.1 Å². The maximum Gasteiger partial charge on any atom is 0.169 e. The van der Waals surface area contributed by atoms with Crippen LogP contribution in [0.25, 0.3) is 0 Å². The van der Waals surface area contributed by atoms with Crippen LogP contribution >= 0.6 is 0 Å². The number of hydrogen-bond acceptors (Lipinski definition) is 4. The van der Waals surface area contributed by atoms with Crippen LogP contribution in [0, 0.1) is 11.7 Å². The second-order valence-corrected chi connectivity index (χ2v) is 5.45. The van der Waals surface area contributed by atoms with E-state index in [-0.39, 0.29) is 29.5 Å². The molecule has 3 rings (SSSR count). The summed E-state index contributed by atoms with van der Waals surface area (Å²) >= 11 is 0. The predicted molar refractivity (Wildman–Crippen MR) is 71.5 cm³/mol. The fourth-order valence-corrected chi connectivity index (χ4v) is 3.18. The lowest BCUT2D eigenvalue weighted by molar-refractivity contribution is 0.00947. The van der Waals surface area contributed by atoms with E-state index in [0.29, 0.717) is 18.8 Å². The lowest BCUT2D eigenvalue weighted by atomic mass is 9.82. The molecule has 0 radical (unpaired) electrons. The number of nitrogens with one attached hydrogen (secondary N) is 1. The Morgan fingerprint density at radius 1 is 1.35 bits per heavy atom. The highest BCUT2D eigenvalue weighted by molar-refractivity contribution is 6.00. The summed E-state index contributed by atoms with van der Waals surface area (Å²) in [4.78, 5) is 12.6. The van der Waals surface area contributed by atoms with Crippen LogP contribution in [0.2, 0.25) is 0 Å². The molecule has 108 valence electrons. The molecule has 2 unspecified atom stereocenters. The van der Waals surface area contributed by atoms with E-state index in [4.69, 9.17) is 9.47 Å². The minimum Gasteiger partial charge on any atom is -0.493 e. The minimum absolute atomic E-state index is 0.0280. The number of para-hydroxylation sites is 1. The third-order valence-electron chi connectivity index (χ3n) is 4.05. The summed E-state index contributed by atoms with van der Waals surface area (Å²) in [7, 11) is 1.39. The van der Waals surface area contributed by atoms with Crippen molar-refractivity contribution in [3.05, 3.63) is 29.6 Å². The molecule has 0 saturated carbocycles. The molecule has 2 heterocycles. The Bertz CT molecular complexity index is 508. The summed E-state index contributed by atoms with van der Waals surface area (Å²) in [5.74, 6) is -0.557. The number of morpholine rings is 1. The van der Waals surface area contributed by atoms with Crippen LogP contribution in [0.15, 0.2) is 18.2 Å². The van der Waals surface area contributed by atoms with E-state index in [9.17, 15) is 9.18 Å². The van der Waals surface area contributed by atoms with E-state index in [0.717, 1.165) is 12.8 Å².